The van der Waals surface area contributed by atoms with Gasteiger partial charge in [-0.3, -0.25) is 4.79 Å². The van der Waals surface area contributed by atoms with Crippen LogP contribution in [0, 0.1) is 5.92 Å². The van der Waals surface area contributed by atoms with E-state index in [-0.39, 0.29) is 5.91 Å². The summed E-state index contributed by atoms with van der Waals surface area (Å²) in [5.41, 5.74) is 6.31. The highest BCUT2D eigenvalue weighted by Crippen LogP contribution is 2.28. The van der Waals surface area contributed by atoms with Crippen LogP contribution < -0.4 is 11.1 Å². The molecule has 3 N–H and O–H groups in total. The number of pyridine rings is 1. The van der Waals surface area contributed by atoms with Gasteiger partial charge in [0.25, 0.3) is 5.91 Å². The van der Waals surface area contributed by atoms with Crippen LogP contribution in [-0.2, 0) is 0 Å². The molecule has 0 unspecified atom stereocenters. The van der Waals surface area contributed by atoms with Crippen molar-refractivity contribution in [2.75, 3.05) is 12.3 Å². The minimum absolute atomic E-state index is 0.137. The number of carbonyl (C=O) groups is 1. The van der Waals surface area contributed by atoms with E-state index < -0.39 is 0 Å². The summed E-state index contributed by atoms with van der Waals surface area (Å²) >= 11 is 0. The lowest BCUT2D eigenvalue weighted by Gasteiger charge is -2.25. The molecule has 0 saturated heterocycles. The molecule has 1 aromatic carbocycles. The monoisotopic (exact) mass is 269 g/mol. The molecule has 1 saturated carbocycles. The van der Waals surface area contributed by atoms with Gasteiger partial charge in [0, 0.05) is 11.9 Å². The fraction of sp³-hybridized carbons (Fsp3) is 0.375. The number of nitrogens with zero attached hydrogens (tertiary/aromatic N) is 1. The van der Waals surface area contributed by atoms with E-state index in [1.54, 1.807) is 6.07 Å². The molecule has 104 valence electrons. The molecule has 4 nitrogen and oxygen atoms in total. The number of nitrogens with one attached hydrogen (secondary N) is 1. The van der Waals surface area contributed by atoms with E-state index in [9.17, 15) is 4.79 Å². The van der Waals surface area contributed by atoms with Crippen LogP contribution in [0.2, 0.25) is 0 Å². The Bertz CT molecular complexity index is 635. The van der Waals surface area contributed by atoms with Gasteiger partial charge in [-0.1, -0.05) is 43.5 Å². The molecule has 20 heavy (non-hydrogen) atoms. The number of benzene rings is 1. The van der Waals surface area contributed by atoms with Crippen LogP contribution in [0.3, 0.4) is 0 Å². The Kier molecular flexibility index (Phi) is 3.54. The van der Waals surface area contributed by atoms with Gasteiger partial charge in [0.1, 0.15) is 11.5 Å². The van der Waals surface area contributed by atoms with Gasteiger partial charge < -0.3 is 11.1 Å². The normalized spacial score (nSPS) is 15.0. The first-order valence-electron chi connectivity index (χ1n) is 7.17. The highest BCUT2D eigenvalue weighted by Gasteiger charge is 2.17. The maximum Gasteiger partial charge on any atom is 0.269 e. The van der Waals surface area contributed by atoms with Crippen molar-refractivity contribution in [1.82, 2.24) is 10.3 Å². The summed E-state index contributed by atoms with van der Waals surface area (Å²) in [5, 5.41) is 4.77. The number of amides is 1. The van der Waals surface area contributed by atoms with Gasteiger partial charge in [0.2, 0.25) is 0 Å². The fourth-order valence-electron chi connectivity index (χ4n) is 2.60. The molecule has 0 atom stereocenters. The van der Waals surface area contributed by atoms with E-state index in [2.05, 4.69) is 10.3 Å². The molecule has 1 fully saturated rings. The lowest BCUT2D eigenvalue weighted by molar-refractivity contribution is 0.0944. The first kappa shape index (κ1) is 12.9. The number of rotatable bonds is 4. The summed E-state index contributed by atoms with van der Waals surface area (Å²) in [7, 11) is 0. The number of anilines is 1. The lowest BCUT2D eigenvalue weighted by Crippen LogP contribution is -2.28. The van der Waals surface area contributed by atoms with Crippen LogP contribution in [0.4, 0.5) is 5.82 Å². The Balaban J connectivity index is 1.70. The zero-order valence-corrected chi connectivity index (χ0v) is 11.4. The number of nitrogens with two attached hydrogens (primary N) is 1. The Labute approximate surface area is 118 Å². The Morgan fingerprint density at radius 2 is 2.15 bits per heavy atom. The molecular weight excluding hydrogens is 250 g/mol. The van der Waals surface area contributed by atoms with Crippen LogP contribution in [0.15, 0.2) is 30.3 Å². The molecule has 1 aromatic heterocycles. The summed E-state index contributed by atoms with van der Waals surface area (Å²) in [6.45, 7) is 0.720. The second-order valence-electron chi connectivity index (χ2n) is 5.46. The molecule has 2 aromatic rings. The van der Waals surface area contributed by atoms with E-state index in [1.165, 1.54) is 19.3 Å². The van der Waals surface area contributed by atoms with Crippen molar-refractivity contribution >= 4 is 22.5 Å². The Hall–Kier alpha value is -2.10. The molecule has 4 heteroatoms. The first-order chi connectivity index (χ1) is 9.74. The number of carbonyl (C=O) groups excluding carboxylic acids is 1. The van der Waals surface area contributed by atoms with E-state index in [4.69, 9.17) is 5.73 Å². The van der Waals surface area contributed by atoms with Crippen LogP contribution in [-0.4, -0.2) is 17.4 Å². The number of nitrogen functional groups attached to an aromatic ring is 1. The minimum Gasteiger partial charge on any atom is -0.383 e. The number of aromatic nitrogens is 1. The van der Waals surface area contributed by atoms with Gasteiger partial charge in [-0.15, -0.1) is 0 Å². The smallest absolute Gasteiger partial charge is 0.269 e. The third-order valence-corrected chi connectivity index (χ3v) is 4.07. The predicted molar refractivity (Wildman–Crippen MR) is 80.4 cm³/mol. The molecule has 1 heterocycles. The van der Waals surface area contributed by atoms with Gasteiger partial charge in [0.15, 0.2) is 0 Å². The third kappa shape index (κ3) is 2.59. The lowest BCUT2D eigenvalue weighted by atomic mass is 9.83. The standard InChI is InChI=1S/C16H19N3O/c17-15-13-7-2-1-6-12(13)10-14(19-15)16(20)18-9-8-11-4-3-5-11/h1-2,6-7,10-11H,3-5,8-9H2,(H2,17,19)(H,18,20). The second kappa shape index (κ2) is 5.49. The molecule has 3 rings (SSSR count). The maximum absolute atomic E-state index is 12.1. The molecule has 1 amide bonds. The minimum atomic E-state index is -0.137. The molecule has 1 aliphatic carbocycles. The number of hydrogen-bond donors (Lipinski definition) is 2. The van der Waals surface area contributed by atoms with Gasteiger partial charge in [-0.05, 0) is 23.8 Å². The zero-order valence-electron chi connectivity index (χ0n) is 11.4. The second-order valence-corrected chi connectivity index (χ2v) is 5.46. The van der Waals surface area contributed by atoms with Crippen LogP contribution in [0.1, 0.15) is 36.2 Å². The number of fused-ring (bicyclic) bond motifs is 1. The topological polar surface area (TPSA) is 68.0 Å². The van der Waals surface area contributed by atoms with Crippen molar-refractivity contribution in [2.45, 2.75) is 25.7 Å². The Morgan fingerprint density at radius 3 is 2.90 bits per heavy atom. The van der Waals surface area contributed by atoms with Crippen molar-refractivity contribution < 1.29 is 4.79 Å². The first-order valence-corrected chi connectivity index (χ1v) is 7.17. The molecule has 1 aliphatic rings. The zero-order chi connectivity index (χ0) is 13.9. The highest BCUT2D eigenvalue weighted by atomic mass is 16.1. The van der Waals surface area contributed by atoms with Crippen molar-refractivity contribution in [3.63, 3.8) is 0 Å². The largest absolute Gasteiger partial charge is 0.383 e. The molecule has 0 aliphatic heterocycles. The summed E-state index contributed by atoms with van der Waals surface area (Å²) in [5.74, 6) is 1.07. The fourth-order valence-corrected chi connectivity index (χ4v) is 2.60. The third-order valence-electron chi connectivity index (χ3n) is 4.07. The van der Waals surface area contributed by atoms with E-state index in [0.29, 0.717) is 11.5 Å². The van der Waals surface area contributed by atoms with Gasteiger partial charge >= 0.3 is 0 Å². The van der Waals surface area contributed by atoms with Crippen LogP contribution >= 0.6 is 0 Å². The molecular formula is C16H19N3O. The number of hydrogen-bond acceptors (Lipinski definition) is 3. The van der Waals surface area contributed by atoms with Crippen molar-refractivity contribution in [3.05, 3.63) is 36.0 Å². The predicted octanol–water partition coefficient (Wildman–Crippen LogP) is 2.74. The summed E-state index contributed by atoms with van der Waals surface area (Å²) in [6, 6.07) is 9.50. The summed E-state index contributed by atoms with van der Waals surface area (Å²) in [6.07, 6.45) is 5.00. The van der Waals surface area contributed by atoms with Gasteiger partial charge in [0.05, 0.1) is 0 Å². The Morgan fingerprint density at radius 1 is 1.35 bits per heavy atom. The van der Waals surface area contributed by atoms with Crippen molar-refractivity contribution in [3.8, 4) is 0 Å². The van der Waals surface area contributed by atoms with Gasteiger partial charge in [-0.25, -0.2) is 4.98 Å². The maximum atomic E-state index is 12.1. The average molecular weight is 269 g/mol. The molecule has 0 radical (unpaired) electrons. The average Bonchev–Trinajstić information content (AvgIpc) is 2.41. The van der Waals surface area contributed by atoms with E-state index >= 15 is 0 Å². The summed E-state index contributed by atoms with van der Waals surface area (Å²) in [4.78, 5) is 16.3. The van der Waals surface area contributed by atoms with E-state index in [1.807, 2.05) is 24.3 Å². The SMILES string of the molecule is Nc1nc(C(=O)NCCC2CCC2)cc2ccccc12. The highest BCUT2D eigenvalue weighted by molar-refractivity contribution is 5.99. The van der Waals surface area contributed by atoms with Crippen LogP contribution in [0.5, 0.6) is 0 Å². The van der Waals surface area contributed by atoms with E-state index in [0.717, 1.165) is 29.7 Å². The van der Waals surface area contributed by atoms with Crippen molar-refractivity contribution in [1.29, 1.82) is 0 Å². The summed E-state index contributed by atoms with van der Waals surface area (Å²) < 4.78 is 0. The molecule has 0 bridgehead atoms. The quantitative estimate of drug-likeness (QED) is 0.896. The van der Waals surface area contributed by atoms with Crippen LogP contribution in [0.25, 0.3) is 10.8 Å². The molecule has 0 spiro atoms. The van der Waals surface area contributed by atoms with Crippen molar-refractivity contribution in [2.24, 2.45) is 5.92 Å². The van der Waals surface area contributed by atoms with Gasteiger partial charge in [-0.2, -0.15) is 0 Å².